The number of amides is 4. The molecule has 2 aromatic carbocycles. The fraction of sp³-hybridized carbons (Fsp3) is 0.441. The third kappa shape index (κ3) is 11.9. The zero-order valence-electron chi connectivity index (χ0n) is 27.2. The van der Waals surface area contributed by atoms with Gasteiger partial charge in [-0.05, 0) is 58.7 Å². The molecule has 0 aliphatic heterocycles. The second kappa shape index (κ2) is 16.4. The van der Waals surface area contributed by atoms with E-state index in [0.29, 0.717) is 0 Å². The number of esters is 1. The molecule has 0 aliphatic rings. The standard InChI is InChI=1S/C34H44N4O8/c1-8-23-16-12-13-17-24(23)28(29(41)36-26(31(43)45-33(2,3)4)20-22-14-10-9-11-15-22)38(18-19-39)30(42)25(21-27(35)40)37-32(44)46-34(5,6)7/h1,9-17,25-26,28,39H,18-21H2,2-7H3,(H2,35,40)(H,36,41)(H,37,44). The van der Waals surface area contributed by atoms with Crippen molar-refractivity contribution in [1.82, 2.24) is 15.5 Å². The first-order chi connectivity index (χ1) is 21.5. The van der Waals surface area contributed by atoms with E-state index in [9.17, 15) is 29.1 Å². The van der Waals surface area contributed by atoms with Gasteiger partial charge in [0.2, 0.25) is 17.7 Å². The maximum absolute atomic E-state index is 14.3. The lowest BCUT2D eigenvalue weighted by molar-refractivity contribution is -0.159. The third-order valence-electron chi connectivity index (χ3n) is 6.28. The Morgan fingerprint density at radius 3 is 2.02 bits per heavy atom. The molecule has 0 aliphatic carbocycles. The van der Waals surface area contributed by atoms with E-state index >= 15 is 0 Å². The Balaban J connectivity index is 2.64. The van der Waals surface area contributed by atoms with Crippen molar-refractivity contribution in [3.8, 4) is 12.3 Å². The molecule has 248 valence electrons. The van der Waals surface area contributed by atoms with Crippen molar-refractivity contribution in [1.29, 1.82) is 0 Å². The Hall–Kier alpha value is -4.89. The first-order valence-corrected chi connectivity index (χ1v) is 14.8. The fourth-order valence-electron chi connectivity index (χ4n) is 4.51. The smallest absolute Gasteiger partial charge is 0.408 e. The van der Waals surface area contributed by atoms with Crippen LogP contribution in [0.1, 0.15) is 70.7 Å². The number of benzene rings is 2. The van der Waals surface area contributed by atoms with Crippen molar-refractivity contribution in [2.75, 3.05) is 13.2 Å². The van der Waals surface area contributed by atoms with Crippen LogP contribution in [-0.2, 0) is 35.1 Å². The Labute approximate surface area is 270 Å². The monoisotopic (exact) mass is 636 g/mol. The number of carbonyl (C=O) groups excluding carboxylic acids is 5. The summed E-state index contributed by atoms with van der Waals surface area (Å²) < 4.78 is 10.9. The predicted molar refractivity (Wildman–Crippen MR) is 171 cm³/mol. The van der Waals surface area contributed by atoms with E-state index in [-0.39, 0.29) is 17.5 Å². The number of alkyl carbamates (subject to hydrolysis) is 1. The van der Waals surface area contributed by atoms with Crippen LogP contribution >= 0.6 is 0 Å². The summed E-state index contributed by atoms with van der Waals surface area (Å²) >= 11 is 0. The van der Waals surface area contributed by atoms with Crippen LogP contribution in [0.5, 0.6) is 0 Å². The number of primary amides is 1. The zero-order valence-corrected chi connectivity index (χ0v) is 27.2. The molecule has 0 saturated carbocycles. The summed E-state index contributed by atoms with van der Waals surface area (Å²) in [5.41, 5.74) is 4.78. The lowest BCUT2D eigenvalue weighted by atomic mass is 9.96. The highest BCUT2D eigenvalue weighted by Gasteiger charge is 2.39. The van der Waals surface area contributed by atoms with Crippen molar-refractivity contribution in [3.63, 3.8) is 0 Å². The predicted octanol–water partition coefficient (Wildman–Crippen LogP) is 2.37. The number of nitrogens with zero attached hydrogens (tertiary/aromatic N) is 1. The molecule has 0 bridgehead atoms. The zero-order chi connectivity index (χ0) is 34.7. The molecule has 5 N–H and O–H groups in total. The summed E-state index contributed by atoms with van der Waals surface area (Å²) in [6.45, 7) is 8.89. The molecular weight excluding hydrogens is 592 g/mol. The number of rotatable bonds is 13. The Bertz CT molecular complexity index is 1420. The Morgan fingerprint density at radius 2 is 1.48 bits per heavy atom. The van der Waals surface area contributed by atoms with Gasteiger partial charge >= 0.3 is 12.1 Å². The summed E-state index contributed by atoms with van der Waals surface area (Å²) in [5.74, 6) is -0.894. The van der Waals surface area contributed by atoms with E-state index in [0.717, 1.165) is 10.5 Å². The number of terminal acetylenes is 1. The molecule has 12 heteroatoms. The summed E-state index contributed by atoms with van der Waals surface area (Å²) in [5, 5.41) is 15.1. The molecule has 0 radical (unpaired) electrons. The molecule has 2 aromatic rings. The van der Waals surface area contributed by atoms with Crippen LogP contribution in [0, 0.1) is 12.3 Å². The minimum Gasteiger partial charge on any atom is -0.458 e. The molecule has 0 heterocycles. The van der Waals surface area contributed by atoms with Gasteiger partial charge in [0, 0.05) is 18.5 Å². The molecule has 0 fully saturated rings. The summed E-state index contributed by atoms with van der Waals surface area (Å²) in [4.78, 5) is 67.4. The average Bonchev–Trinajstić information content (AvgIpc) is 2.94. The van der Waals surface area contributed by atoms with Gasteiger partial charge < -0.3 is 35.8 Å². The maximum atomic E-state index is 14.3. The van der Waals surface area contributed by atoms with Crippen molar-refractivity contribution in [3.05, 3.63) is 71.3 Å². The summed E-state index contributed by atoms with van der Waals surface area (Å²) in [6, 6.07) is 11.0. The van der Waals surface area contributed by atoms with E-state index in [1.807, 2.05) is 6.07 Å². The molecule has 4 amide bonds. The second-order valence-corrected chi connectivity index (χ2v) is 12.5. The number of aliphatic hydroxyl groups is 1. The van der Waals surface area contributed by atoms with Gasteiger partial charge in [-0.15, -0.1) is 6.42 Å². The Kier molecular flexibility index (Phi) is 13.3. The molecule has 0 aromatic heterocycles. The molecular formula is C34H44N4O8. The van der Waals surface area contributed by atoms with Gasteiger partial charge in [-0.1, -0.05) is 54.5 Å². The van der Waals surface area contributed by atoms with Crippen LogP contribution < -0.4 is 16.4 Å². The van der Waals surface area contributed by atoms with Crippen LogP contribution in [0.2, 0.25) is 0 Å². The number of aliphatic hydroxyl groups excluding tert-OH is 1. The van der Waals surface area contributed by atoms with E-state index in [2.05, 4.69) is 16.6 Å². The van der Waals surface area contributed by atoms with E-state index < -0.39 is 78.7 Å². The van der Waals surface area contributed by atoms with Crippen LogP contribution in [0.15, 0.2) is 54.6 Å². The highest BCUT2D eigenvalue weighted by molar-refractivity contribution is 5.96. The molecule has 3 atom stereocenters. The lowest BCUT2D eigenvalue weighted by Gasteiger charge is -2.35. The number of ether oxygens (including phenoxy) is 2. The van der Waals surface area contributed by atoms with Crippen LogP contribution in [0.3, 0.4) is 0 Å². The van der Waals surface area contributed by atoms with Crippen molar-refractivity contribution >= 4 is 29.8 Å². The topological polar surface area (TPSA) is 177 Å². The van der Waals surface area contributed by atoms with Gasteiger partial charge in [0.05, 0.1) is 13.0 Å². The van der Waals surface area contributed by atoms with E-state index in [4.69, 9.17) is 21.6 Å². The molecule has 3 unspecified atom stereocenters. The largest absolute Gasteiger partial charge is 0.458 e. The molecule has 2 rings (SSSR count). The Morgan fingerprint density at radius 1 is 0.891 bits per heavy atom. The van der Waals surface area contributed by atoms with Gasteiger partial charge in [0.15, 0.2) is 0 Å². The van der Waals surface area contributed by atoms with Crippen molar-refractivity contribution in [2.45, 2.75) is 83.7 Å². The fourth-order valence-corrected chi connectivity index (χ4v) is 4.51. The van der Waals surface area contributed by atoms with Gasteiger partial charge in [-0.2, -0.15) is 0 Å². The van der Waals surface area contributed by atoms with Crippen LogP contribution in [0.4, 0.5) is 4.79 Å². The summed E-state index contributed by atoms with van der Waals surface area (Å²) in [7, 11) is 0. The first kappa shape index (κ1) is 37.3. The van der Waals surface area contributed by atoms with Crippen molar-refractivity contribution in [2.24, 2.45) is 5.73 Å². The lowest BCUT2D eigenvalue weighted by Crippen LogP contribution is -2.56. The molecule has 0 saturated heterocycles. The van der Waals surface area contributed by atoms with Gasteiger partial charge in [0.1, 0.15) is 29.3 Å². The summed E-state index contributed by atoms with van der Waals surface area (Å²) in [6.07, 6.45) is 4.18. The quantitative estimate of drug-likeness (QED) is 0.191. The average molecular weight is 637 g/mol. The van der Waals surface area contributed by atoms with Crippen LogP contribution in [-0.4, -0.2) is 76.2 Å². The number of hydrogen-bond acceptors (Lipinski definition) is 8. The second-order valence-electron chi connectivity index (χ2n) is 12.5. The highest BCUT2D eigenvalue weighted by atomic mass is 16.6. The minimum absolute atomic E-state index is 0.0590. The first-order valence-electron chi connectivity index (χ1n) is 14.8. The molecule has 46 heavy (non-hydrogen) atoms. The number of hydrogen-bond donors (Lipinski definition) is 4. The maximum Gasteiger partial charge on any atom is 0.408 e. The normalized spacial score (nSPS) is 13.3. The van der Waals surface area contributed by atoms with Crippen molar-refractivity contribution < 1.29 is 38.6 Å². The number of nitrogens with two attached hydrogens (primary N) is 1. The van der Waals surface area contributed by atoms with Gasteiger partial charge in [-0.25, -0.2) is 9.59 Å². The van der Waals surface area contributed by atoms with E-state index in [1.165, 1.54) is 6.07 Å². The van der Waals surface area contributed by atoms with Crippen LogP contribution in [0.25, 0.3) is 0 Å². The molecule has 12 nitrogen and oxygen atoms in total. The van der Waals surface area contributed by atoms with Gasteiger partial charge in [0.25, 0.3) is 0 Å². The van der Waals surface area contributed by atoms with Gasteiger partial charge in [-0.3, -0.25) is 14.4 Å². The minimum atomic E-state index is -1.57. The number of carbonyl (C=O) groups is 5. The number of nitrogens with one attached hydrogen (secondary N) is 2. The highest BCUT2D eigenvalue weighted by Crippen LogP contribution is 2.26. The molecule has 0 spiro atoms. The SMILES string of the molecule is C#Cc1ccccc1C(C(=O)NC(Cc1ccccc1)C(=O)OC(C)(C)C)N(CCO)C(=O)C(CC(N)=O)NC(=O)OC(C)(C)C. The third-order valence-corrected chi connectivity index (χ3v) is 6.28. The van der Waals surface area contributed by atoms with E-state index in [1.54, 1.807) is 84.0 Å².